The molecular formula is C23H23N3O5. The average Bonchev–Trinajstić information content (AvgIpc) is 3.19. The summed E-state index contributed by atoms with van der Waals surface area (Å²) in [6.45, 7) is 3.51. The van der Waals surface area contributed by atoms with Gasteiger partial charge >= 0.3 is 0 Å². The van der Waals surface area contributed by atoms with Gasteiger partial charge in [-0.15, -0.1) is 0 Å². The lowest BCUT2D eigenvalue weighted by Gasteiger charge is -2.27. The van der Waals surface area contributed by atoms with Gasteiger partial charge < -0.3 is 20.2 Å². The van der Waals surface area contributed by atoms with Crippen molar-refractivity contribution < 1.29 is 25.1 Å². The average molecular weight is 421 g/mol. The van der Waals surface area contributed by atoms with Crippen molar-refractivity contribution in [2.75, 3.05) is 6.54 Å². The molecule has 4 rings (SSSR count). The van der Waals surface area contributed by atoms with E-state index in [1.165, 1.54) is 24.0 Å². The first-order chi connectivity index (χ1) is 14.8. The molecule has 0 aliphatic carbocycles. The highest BCUT2D eigenvalue weighted by molar-refractivity contribution is 6.08. The summed E-state index contributed by atoms with van der Waals surface area (Å²) >= 11 is 0. The van der Waals surface area contributed by atoms with Crippen LogP contribution in [0.4, 0.5) is 5.69 Å². The van der Waals surface area contributed by atoms with Crippen molar-refractivity contribution in [1.82, 2.24) is 9.88 Å². The topological polar surface area (TPSA) is 121 Å². The summed E-state index contributed by atoms with van der Waals surface area (Å²) in [7, 11) is 0. The Morgan fingerprint density at radius 1 is 1.23 bits per heavy atom. The number of hydrogen-bond acceptors (Lipinski definition) is 5. The van der Waals surface area contributed by atoms with Gasteiger partial charge in [0.25, 0.3) is 5.91 Å². The number of aromatic nitrogens is 1. The Balaban J connectivity index is 1.71. The Labute approximate surface area is 178 Å². The second kappa shape index (κ2) is 7.99. The van der Waals surface area contributed by atoms with Crippen LogP contribution >= 0.6 is 0 Å². The van der Waals surface area contributed by atoms with E-state index in [4.69, 9.17) is 0 Å². The van der Waals surface area contributed by atoms with Crippen molar-refractivity contribution in [3.63, 3.8) is 0 Å². The van der Waals surface area contributed by atoms with Crippen molar-refractivity contribution in [3.05, 3.63) is 81.9 Å². The molecule has 3 aromatic rings. The molecule has 2 heterocycles. The van der Waals surface area contributed by atoms with Crippen LogP contribution in [0.25, 0.3) is 10.9 Å². The lowest BCUT2D eigenvalue weighted by molar-refractivity contribution is -0.991. The Hall–Kier alpha value is -3.46. The molecule has 160 valence electrons. The number of para-hydroxylation sites is 1. The zero-order valence-electron chi connectivity index (χ0n) is 17.2. The molecule has 0 spiro atoms. The van der Waals surface area contributed by atoms with E-state index in [9.17, 15) is 25.1 Å². The maximum Gasteiger partial charge on any atom is 0.290 e. The molecule has 0 bridgehead atoms. The number of ketones is 1. The summed E-state index contributed by atoms with van der Waals surface area (Å²) in [5.74, 6) is -1.63. The number of nitrogens with one attached hydrogen (secondary N) is 2. The Morgan fingerprint density at radius 2 is 1.97 bits per heavy atom. The maximum atomic E-state index is 12.9. The Kier molecular flexibility index (Phi) is 5.36. The molecule has 2 atom stereocenters. The SMILES string of the molecule is CC(=O)C1=C(O)C(=O)N(CCc2c(C)[nH]c3ccccc23)[C@H]1c1cccc([NH+]([O-])O)c1. The van der Waals surface area contributed by atoms with E-state index in [2.05, 4.69) is 4.98 Å². The number of fused-ring (bicyclic) bond motifs is 1. The third-order valence-electron chi connectivity index (χ3n) is 5.76. The summed E-state index contributed by atoms with van der Waals surface area (Å²) in [6, 6.07) is 13.1. The fourth-order valence-electron chi connectivity index (χ4n) is 4.32. The minimum Gasteiger partial charge on any atom is -0.595 e. The minimum absolute atomic E-state index is 0.0109. The van der Waals surface area contributed by atoms with Crippen LogP contribution in [0.1, 0.15) is 29.8 Å². The number of benzene rings is 2. The largest absolute Gasteiger partial charge is 0.595 e. The predicted octanol–water partition coefficient (Wildman–Crippen LogP) is 2.41. The maximum absolute atomic E-state index is 12.9. The smallest absolute Gasteiger partial charge is 0.290 e. The first kappa shape index (κ1) is 20.8. The zero-order valence-corrected chi connectivity index (χ0v) is 17.2. The molecular weight excluding hydrogens is 398 g/mol. The highest BCUT2D eigenvalue weighted by atomic mass is 16.8. The van der Waals surface area contributed by atoms with Gasteiger partial charge in [0, 0.05) is 35.3 Å². The number of carbonyl (C=O) groups is 2. The van der Waals surface area contributed by atoms with Crippen molar-refractivity contribution in [1.29, 1.82) is 0 Å². The Morgan fingerprint density at radius 3 is 2.68 bits per heavy atom. The van der Waals surface area contributed by atoms with E-state index in [1.54, 1.807) is 12.1 Å². The van der Waals surface area contributed by atoms with Crippen LogP contribution in [-0.4, -0.2) is 38.4 Å². The molecule has 1 aromatic heterocycles. The van der Waals surface area contributed by atoms with Crippen LogP contribution < -0.4 is 5.23 Å². The molecule has 0 radical (unpaired) electrons. The van der Waals surface area contributed by atoms with Crippen molar-refractivity contribution in [3.8, 4) is 0 Å². The molecule has 0 fully saturated rings. The number of aromatic amines is 1. The first-order valence-corrected chi connectivity index (χ1v) is 9.94. The third-order valence-corrected chi connectivity index (χ3v) is 5.76. The number of aryl methyl sites for hydroxylation is 1. The monoisotopic (exact) mass is 421 g/mol. The van der Waals surface area contributed by atoms with Gasteiger partial charge in [0.2, 0.25) is 0 Å². The number of aliphatic hydroxyl groups excluding tert-OH is 1. The van der Waals surface area contributed by atoms with Crippen LogP contribution in [0.2, 0.25) is 0 Å². The molecule has 8 heteroatoms. The number of H-pyrrole nitrogens is 1. The number of hydrogen-bond donors (Lipinski definition) is 4. The molecule has 0 saturated heterocycles. The van der Waals surface area contributed by atoms with Crippen LogP contribution in [0.5, 0.6) is 0 Å². The second-order valence-corrected chi connectivity index (χ2v) is 7.67. The van der Waals surface area contributed by atoms with E-state index in [1.807, 2.05) is 31.2 Å². The van der Waals surface area contributed by atoms with Crippen LogP contribution in [-0.2, 0) is 16.0 Å². The van der Waals surface area contributed by atoms with E-state index in [-0.39, 0.29) is 17.8 Å². The number of Topliss-reactive ketones (excluding diaryl/α,β-unsaturated/α-hetero) is 1. The third kappa shape index (κ3) is 3.61. The summed E-state index contributed by atoms with van der Waals surface area (Å²) in [5, 5.41) is 31.2. The van der Waals surface area contributed by atoms with E-state index < -0.39 is 28.7 Å². The molecule has 2 aromatic carbocycles. The summed E-state index contributed by atoms with van der Waals surface area (Å²) in [4.78, 5) is 29.9. The standard InChI is InChI=1S/C23H23N3O5/c1-13-17(18-8-3-4-9-19(18)24-13)10-11-25-21(20(14(2)27)22(28)23(25)29)15-6-5-7-16(12-15)26(30)31/h3-9,12,21,24,26,28,30H,10-11H2,1-2H3/t21-/m0/s1. The molecule has 1 unspecified atom stereocenters. The molecule has 8 nitrogen and oxygen atoms in total. The molecule has 0 saturated carbocycles. The van der Waals surface area contributed by atoms with Gasteiger partial charge in [0.15, 0.2) is 17.2 Å². The van der Waals surface area contributed by atoms with E-state index >= 15 is 0 Å². The quantitative estimate of drug-likeness (QED) is 0.456. The molecule has 4 N–H and O–H groups in total. The highest BCUT2D eigenvalue weighted by Gasteiger charge is 2.42. The van der Waals surface area contributed by atoms with E-state index in [0.717, 1.165) is 22.2 Å². The van der Waals surface area contributed by atoms with Crippen LogP contribution in [0.3, 0.4) is 0 Å². The van der Waals surface area contributed by atoms with Gasteiger partial charge in [-0.3, -0.25) is 9.59 Å². The second-order valence-electron chi connectivity index (χ2n) is 7.67. The van der Waals surface area contributed by atoms with Crippen molar-refractivity contribution in [2.24, 2.45) is 0 Å². The van der Waals surface area contributed by atoms with Crippen LogP contribution in [0.15, 0.2) is 59.9 Å². The van der Waals surface area contributed by atoms with Crippen molar-refractivity contribution >= 4 is 28.3 Å². The lowest BCUT2D eigenvalue weighted by Crippen LogP contribution is -2.99. The molecule has 1 aliphatic rings. The molecule has 1 amide bonds. The van der Waals surface area contributed by atoms with Gasteiger partial charge in [0.1, 0.15) is 0 Å². The fourth-order valence-corrected chi connectivity index (χ4v) is 4.32. The number of amides is 1. The normalized spacial score (nSPS) is 17.6. The van der Waals surface area contributed by atoms with Gasteiger partial charge in [0.05, 0.1) is 11.6 Å². The number of nitrogens with zero attached hydrogens (tertiary/aromatic N) is 1. The lowest BCUT2D eigenvalue weighted by atomic mass is 9.96. The van der Waals surface area contributed by atoms with Gasteiger partial charge in [-0.05, 0) is 37.5 Å². The fraction of sp³-hybridized carbons (Fsp3) is 0.217. The van der Waals surface area contributed by atoms with Gasteiger partial charge in [-0.1, -0.05) is 30.3 Å². The van der Waals surface area contributed by atoms with Crippen molar-refractivity contribution in [2.45, 2.75) is 26.3 Å². The highest BCUT2D eigenvalue weighted by Crippen LogP contribution is 2.38. The number of aliphatic hydroxyl groups is 1. The van der Waals surface area contributed by atoms with Gasteiger partial charge in [-0.2, -0.15) is 5.23 Å². The summed E-state index contributed by atoms with van der Waals surface area (Å²) in [6.07, 6.45) is 0.509. The van der Waals surface area contributed by atoms with E-state index in [0.29, 0.717) is 12.0 Å². The number of rotatable bonds is 6. The van der Waals surface area contributed by atoms with Crippen LogP contribution in [0, 0.1) is 12.1 Å². The summed E-state index contributed by atoms with van der Waals surface area (Å²) in [5.41, 5.74) is 3.55. The van der Waals surface area contributed by atoms with Gasteiger partial charge in [-0.25, -0.2) is 5.21 Å². The number of quaternary nitrogens is 1. The minimum atomic E-state index is -1.11. The predicted molar refractivity (Wildman–Crippen MR) is 114 cm³/mol. The Bertz CT molecular complexity index is 1210. The summed E-state index contributed by atoms with van der Waals surface area (Å²) < 4.78 is 0. The number of carbonyl (C=O) groups excluding carboxylic acids is 2. The zero-order chi connectivity index (χ0) is 22.3. The molecule has 1 aliphatic heterocycles. The first-order valence-electron chi connectivity index (χ1n) is 9.94. The molecule has 31 heavy (non-hydrogen) atoms.